The summed E-state index contributed by atoms with van der Waals surface area (Å²) in [6.45, 7) is 5.76. The Bertz CT molecular complexity index is 649. The molecule has 0 unspecified atom stereocenters. The molecule has 0 radical (unpaired) electrons. The van der Waals surface area contributed by atoms with E-state index in [2.05, 4.69) is 17.1 Å². The summed E-state index contributed by atoms with van der Waals surface area (Å²) in [4.78, 5) is 15.7. The van der Waals surface area contributed by atoms with Gasteiger partial charge in [-0.3, -0.25) is 15.0 Å². The van der Waals surface area contributed by atoms with Crippen LogP contribution in [0, 0.1) is 5.92 Å². The summed E-state index contributed by atoms with van der Waals surface area (Å²) in [5.41, 5.74) is 5.82. The van der Waals surface area contributed by atoms with Gasteiger partial charge >= 0.3 is 0 Å². The van der Waals surface area contributed by atoms with Crippen LogP contribution in [0.2, 0.25) is 0 Å². The lowest BCUT2D eigenvalue weighted by Crippen LogP contribution is -2.27. The van der Waals surface area contributed by atoms with Crippen molar-refractivity contribution in [3.8, 4) is 11.1 Å². The van der Waals surface area contributed by atoms with Crippen LogP contribution in [-0.2, 0) is 4.79 Å². The number of hydroxylamine groups is 1. The van der Waals surface area contributed by atoms with Crippen LogP contribution in [0.1, 0.15) is 32.8 Å². The van der Waals surface area contributed by atoms with Crippen molar-refractivity contribution in [2.24, 2.45) is 10.9 Å². The van der Waals surface area contributed by atoms with Crippen LogP contribution >= 0.6 is 0 Å². The van der Waals surface area contributed by atoms with Crippen molar-refractivity contribution >= 4 is 11.6 Å². The number of amides is 1. The van der Waals surface area contributed by atoms with E-state index in [1.807, 2.05) is 56.3 Å². The van der Waals surface area contributed by atoms with Crippen molar-refractivity contribution < 1.29 is 10.0 Å². The van der Waals surface area contributed by atoms with E-state index in [9.17, 15) is 4.79 Å². The summed E-state index contributed by atoms with van der Waals surface area (Å²) in [6, 6.07) is 18.3. The van der Waals surface area contributed by atoms with Gasteiger partial charge in [0.05, 0.1) is 0 Å². The van der Waals surface area contributed by atoms with Crippen molar-refractivity contribution in [2.75, 3.05) is 7.05 Å². The lowest BCUT2D eigenvalue weighted by atomic mass is 9.96. The van der Waals surface area contributed by atoms with Crippen molar-refractivity contribution in [2.45, 2.75) is 27.2 Å². The second kappa shape index (κ2) is 10.3. The van der Waals surface area contributed by atoms with Gasteiger partial charge < -0.3 is 0 Å². The van der Waals surface area contributed by atoms with E-state index < -0.39 is 5.91 Å². The Kier molecular flexibility index (Phi) is 8.44. The van der Waals surface area contributed by atoms with Gasteiger partial charge in [-0.1, -0.05) is 75.4 Å². The zero-order chi connectivity index (χ0) is 17.9. The average molecular weight is 326 g/mol. The number of rotatable bonds is 5. The van der Waals surface area contributed by atoms with E-state index in [0.29, 0.717) is 6.42 Å². The Balaban J connectivity index is 0.00000139. The number of hydrogen-bond donors (Lipinski definition) is 2. The molecule has 1 amide bonds. The summed E-state index contributed by atoms with van der Waals surface area (Å²) < 4.78 is 0. The number of aliphatic imine (C=N–C) groups is 1. The number of nitrogens with zero attached hydrogens (tertiary/aromatic N) is 1. The van der Waals surface area contributed by atoms with Crippen LogP contribution in [0.5, 0.6) is 0 Å². The molecule has 2 N–H and O–H groups in total. The highest BCUT2D eigenvalue weighted by Gasteiger charge is 2.15. The van der Waals surface area contributed by atoms with E-state index in [1.165, 1.54) is 0 Å². The fraction of sp³-hybridized carbons (Fsp3) is 0.300. The van der Waals surface area contributed by atoms with Crippen molar-refractivity contribution in [3.63, 3.8) is 0 Å². The van der Waals surface area contributed by atoms with Gasteiger partial charge in [0.2, 0.25) is 5.91 Å². The molecule has 1 atom stereocenters. The minimum Gasteiger partial charge on any atom is -0.292 e. The van der Waals surface area contributed by atoms with Gasteiger partial charge in [0.1, 0.15) is 0 Å². The molecule has 0 aliphatic carbocycles. The molecule has 0 saturated carbocycles. The molecular weight excluding hydrogens is 300 g/mol. The van der Waals surface area contributed by atoms with Crippen molar-refractivity contribution in [3.05, 3.63) is 60.2 Å². The standard InChI is InChI=1S/C18H20N2O2.C2H6/c1-13(18(21)20-22)12-17(19-2)16-10-8-15(9-11-16)14-6-4-3-5-7-14;1-2/h3-11,13,22H,12H2,1-2H3,(H,20,21);1-2H3/t13-;/m0./s1. The predicted molar refractivity (Wildman–Crippen MR) is 99.4 cm³/mol. The fourth-order valence-electron chi connectivity index (χ4n) is 2.32. The molecule has 0 heterocycles. The van der Waals surface area contributed by atoms with Crippen LogP contribution in [-0.4, -0.2) is 23.9 Å². The third kappa shape index (κ3) is 5.32. The highest BCUT2D eigenvalue weighted by atomic mass is 16.5. The van der Waals surface area contributed by atoms with Crippen LogP contribution in [0.4, 0.5) is 0 Å². The smallest absolute Gasteiger partial charge is 0.246 e. The van der Waals surface area contributed by atoms with Gasteiger partial charge in [-0.05, 0) is 16.7 Å². The lowest BCUT2D eigenvalue weighted by Gasteiger charge is -2.12. The Morgan fingerprint density at radius 2 is 1.58 bits per heavy atom. The molecule has 0 aromatic heterocycles. The fourth-order valence-corrected chi connectivity index (χ4v) is 2.32. The van der Waals surface area contributed by atoms with Crippen LogP contribution in [0.25, 0.3) is 11.1 Å². The second-order valence-corrected chi connectivity index (χ2v) is 5.19. The Hall–Kier alpha value is -2.46. The minimum absolute atomic E-state index is 0.336. The summed E-state index contributed by atoms with van der Waals surface area (Å²) in [5, 5.41) is 8.68. The van der Waals surface area contributed by atoms with Gasteiger partial charge in [-0.2, -0.15) is 0 Å². The van der Waals surface area contributed by atoms with Gasteiger partial charge in [0.15, 0.2) is 0 Å². The van der Waals surface area contributed by atoms with Gasteiger partial charge in [-0.25, -0.2) is 5.48 Å². The molecule has 24 heavy (non-hydrogen) atoms. The molecule has 0 aliphatic heterocycles. The maximum absolute atomic E-state index is 11.4. The molecule has 0 fully saturated rings. The molecule has 2 aromatic rings. The quantitative estimate of drug-likeness (QED) is 0.488. The first-order valence-electron chi connectivity index (χ1n) is 8.21. The number of carbonyl (C=O) groups is 1. The van der Waals surface area contributed by atoms with Crippen LogP contribution in [0.3, 0.4) is 0 Å². The van der Waals surface area contributed by atoms with E-state index in [1.54, 1.807) is 19.5 Å². The third-order valence-electron chi connectivity index (χ3n) is 3.65. The Morgan fingerprint density at radius 1 is 1.04 bits per heavy atom. The van der Waals surface area contributed by atoms with Crippen LogP contribution < -0.4 is 5.48 Å². The summed E-state index contributed by atoms with van der Waals surface area (Å²) in [6.07, 6.45) is 0.480. The third-order valence-corrected chi connectivity index (χ3v) is 3.65. The largest absolute Gasteiger partial charge is 0.292 e. The normalized spacial score (nSPS) is 12.0. The molecule has 0 aliphatic rings. The number of benzene rings is 2. The number of hydrogen-bond acceptors (Lipinski definition) is 3. The number of nitrogens with one attached hydrogen (secondary N) is 1. The van der Waals surface area contributed by atoms with Gasteiger partial charge in [0.25, 0.3) is 0 Å². The van der Waals surface area contributed by atoms with E-state index in [0.717, 1.165) is 22.4 Å². The molecule has 128 valence electrons. The Morgan fingerprint density at radius 3 is 2.08 bits per heavy atom. The van der Waals surface area contributed by atoms with Gasteiger partial charge in [0, 0.05) is 25.1 Å². The second-order valence-electron chi connectivity index (χ2n) is 5.19. The predicted octanol–water partition coefficient (Wildman–Crippen LogP) is 4.33. The summed E-state index contributed by atoms with van der Waals surface area (Å²) in [7, 11) is 1.71. The molecule has 4 nitrogen and oxygen atoms in total. The maximum atomic E-state index is 11.4. The highest BCUT2D eigenvalue weighted by molar-refractivity contribution is 6.02. The SMILES string of the molecule is CC.CN=C(C[C@H](C)C(=O)NO)c1ccc(-c2ccccc2)cc1. The zero-order valence-electron chi connectivity index (χ0n) is 14.8. The summed E-state index contributed by atoms with van der Waals surface area (Å²) >= 11 is 0. The van der Waals surface area contributed by atoms with Crippen molar-refractivity contribution in [1.29, 1.82) is 0 Å². The topological polar surface area (TPSA) is 61.7 Å². The lowest BCUT2D eigenvalue weighted by molar-refractivity contribution is -0.132. The monoisotopic (exact) mass is 326 g/mol. The Labute approximate surface area is 144 Å². The molecule has 0 bridgehead atoms. The van der Waals surface area contributed by atoms with Crippen LogP contribution in [0.15, 0.2) is 59.6 Å². The zero-order valence-corrected chi connectivity index (χ0v) is 14.8. The first-order valence-corrected chi connectivity index (χ1v) is 8.21. The average Bonchev–Trinajstić information content (AvgIpc) is 2.67. The minimum atomic E-state index is -0.401. The molecule has 4 heteroatoms. The molecule has 0 saturated heterocycles. The first kappa shape index (κ1) is 19.6. The maximum Gasteiger partial charge on any atom is 0.246 e. The number of carbonyl (C=O) groups excluding carboxylic acids is 1. The van der Waals surface area contributed by atoms with Crippen molar-refractivity contribution in [1.82, 2.24) is 5.48 Å². The van der Waals surface area contributed by atoms with E-state index >= 15 is 0 Å². The summed E-state index contributed by atoms with van der Waals surface area (Å²) in [5.74, 6) is -0.737. The molecule has 2 rings (SSSR count). The van der Waals surface area contributed by atoms with E-state index in [-0.39, 0.29) is 5.92 Å². The first-order chi connectivity index (χ1) is 11.7. The molecular formula is C20H26N2O2. The molecule has 2 aromatic carbocycles. The highest BCUT2D eigenvalue weighted by Crippen LogP contribution is 2.20. The van der Waals surface area contributed by atoms with E-state index in [4.69, 9.17) is 5.21 Å². The molecule has 0 spiro atoms. The van der Waals surface area contributed by atoms with Gasteiger partial charge in [-0.15, -0.1) is 0 Å².